The van der Waals surface area contributed by atoms with E-state index in [-0.39, 0.29) is 6.23 Å². The topological polar surface area (TPSA) is 38.8 Å². The van der Waals surface area contributed by atoms with E-state index < -0.39 is 6.09 Å². The van der Waals surface area contributed by atoms with Crippen LogP contribution in [0.4, 0.5) is 4.79 Å². The first kappa shape index (κ1) is 8.39. The summed E-state index contributed by atoms with van der Waals surface area (Å²) in [5.41, 5.74) is 0. The van der Waals surface area contributed by atoms with Gasteiger partial charge in [0.2, 0.25) is 0 Å². The second kappa shape index (κ2) is 3.61. The van der Waals surface area contributed by atoms with E-state index in [2.05, 4.69) is 20.7 Å². The highest BCUT2D eigenvalue weighted by Crippen LogP contribution is 2.13. The fourth-order valence-corrected chi connectivity index (χ4v) is 1.21. The molecule has 0 radical (unpaired) electrons. The molecule has 1 rings (SSSR count). The third-order valence-electron chi connectivity index (χ3n) is 1.28. The molecule has 1 aliphatic heterocycles. The van der Waals surface area contributed by atoms with E-state index in [1.54, 1.807) is 0 Å². The highest BCUT2D eigenvalue weighted by atomic mass is 79.9. The van der Waals surface area contributed by atoms with Crippen LogP contribution in [-0.2, 0) is 9.47 Å². The van der Waals surface area contributed by atoms with Gasteiger partial charge in [0.25, 0.3) is 0 Å². The zero-order chi connectivity index (χ0) is 8.27. The maximum Gasteiger partial charge on any atom is 0.416 e. The van der Waals surface area contributed by atoms with Crippen molar-refractivity contribution in [2.45, 2.75) is 6.23 Å². The minimum atomic E-state index is -0.414. The van der Waals surface area contributed by atoms with Crippen LogP contribution >= 0.6 is 15.9 Å². The van der Waals surface area contributed by atoms with Crippen molar-refractivity contribution in [2.24, 2.45) is 0 Å². The molecular weight excluding hydrogens is 214 g/mol. The number of nitrogens with zero attached hydrogens (tertiary/aromatic N) is 1. The number of ether oxygens (including phenoxy) is 2. The maximum atomic E-state index is 10.9. The Morgan fingerprint density at radius 2 is 2.64 bits per heavy atom. The first-order chi connectivity index (χ1) is 5.29. The first-order valence-corrected chi connectivity index (χ1v) is 4.16. The van der Waals surface area contributed by atoms with E-state index in [1.165, 1.54) is 24.5 Å². The summed E-state index contributed by atoms with van der Waals surface area (Å²) >= 11 is 3.20. The molecule has 0 aromatic heterocycles. The van der Waals surface area contributed by atoms with E-state index in [0.29, 0.717) is 5.33 Å². The maximum absolute atomic E-state index is 10.9. The second-order valence-electron chi connectivity index (χ2n) is 1.91. The van der Waals surface area contributed by atoms with E-state index in [0.717, 1.165) is 0 Å². The fraction of sp³-hybridized carbons (Fsp3) is 0.500. The highest BCUT2D eigenvalue weighted by molar-refractivity contribution is 9.09. The molecule has 0 N–H and O–H groups in total. The molecule has 1 heterocycles. The monoisotopic (exact) mass is 221 g/mol. The third kappa shape index (κ3) is 1.65. The number of amides is 1. The van der Waals surface area contributed by atoms with Gasteiger partial charge in [0.15, 0.2) is 6.23 Å². The number of hydrogen-bond acceptors (Lipinski definition) is 3. The zero-order valence-electron chi connectivity index (χ0n) is 5.99. The van der Waals surface area contributed by atoms with Crippen LogP contribution in [0.25, 0.3) is 0 Å². The molecule has 1 atom stereocenters. The van der Waals surface area contributed by atoms with Crippen LogP contribution in [0.3, 0.4) is 0 Å². The van der Waals surface area contributed by atoms with Crippen molar-refractivity contribution in [1.82, 2.24) is 4.90 Å². The average molecular weight is 222 g/mol. The molecule has 0 bridgehead atoms. The Bertz CT molecular complexity index is 183. The Morgan fingerprint density at radius 3 is 3.18 bits per heavy atom. The number of halogens is 1. The lowest BCUT2D eigenvalue weighted by molar-refractivity contribution is 0.0637. The van der Waals surface area contributed by atoms with Crippen LogP contribution in [0.1, 0.15) is 0 Å². The molecule has 1 amide bonds. The van der Waals surface area contributed by atoms with Gasteiger partial charge < -0.3 is 9.47 Å². The van der Waals surface area contributed by atoms with Crippen LogP contribution in [0.15, 0.2) is 12.5 Å². The van der Waals surface area contributed by atoms with Crippen molar-refractivity contribution in [3.63, 3.8) is 0 Å². The zero-order valence-corrected chi connectivity index (χ0v) is 7.58. The van der Waals surface area contributed by atoms with Crippen molar-refractivity contribution >= 4 is 22.0 Å². The van der Waals surface area contributed by atoms with Gasteiger partial charge in [0, 0.05) is 6.20 Å². The molecule has 0 aromatic carbocycles. The van der Waals surface area contributed by atoms with Crippen molar-refractivity contribution in [2.75, 3.05) is 12.4 Å². The summed E-state index contributed by atoms with van der Waals surface area (Å²) in [7, 11) is 1.33. The van der Waals surface area contributed by atoms with E-state index in [1.807, 2.05) is 0 Å². The number of alkyl halides is 1. The molecule has 1 aliphatic rings. The van der Waals surface area contributed by atoms with Gasteiger partial charge in [-0.25, -0.2) is 9.69 Å². The number of hydrogen-bond donors (Lipinski definition) is 0. The summed E-state index contributed by atoms with van der Waals surface area (Å²) in [4.78, 5) is 12.3. The second-order valence-corrected chi connectivity index (χ2v) is 2.55. The average Bonchev–Trinajstić information content (AvgIpc) is 2.50. The largest absolute Gasteiger partial charge is 0.475 e. The summed E-state index contributed by atoms with van der Waals surface area (Å²) in [6.07, 6.45) is 2.31. The predicted octanol–water partition coefficient (Wildman–Crippen LogP) is 1.28. The summed E-state index contributed by atoms with van der Waals surface area (Å²) in [5, 5.41) is 0.565. The number of methoxy groups -OCH3 is 1. The van der Waals surface area contributed by atoms with Gasteiger partial charge in [-0.1, -0.05) is 15.9 Å². The molecular formula is C6H8BrNO3. The van der Waals surface area contributed by atoms with Crippen molar-refractivity contribution in [1.29, 1.82) is 0 Å². The Hall–Kier alpha value is -0.710. The molecule has 0 aromatic rings. The predicted molar refractivity (Wildman–Crippen MR) is 42.1 cm³/mol. The molecule has 11 heavy (non-hydrogen) atoms. The standard InChI is InChI=1S/C6H8BrNO3/c1-10-6(9)8-2-3-11-5(8)4-7/h2-3,5H,4H2,1H3. The van der Waals surface area contributed by atoms with Gasteiger partial charge >= 0.3 is 6.09 Å². The number of carbonyl (C=O) groups is 1. The smallest absolute Gasteiger partial charge is 0.416 e. The molecule has 0 aliphatic carbocycles. The van der Waals surface area contributed by atoms with Crippen LogP contribution in [0.5, 0.6) is 0 Å². The van der Waals surface area contributed by atoms with Gasteiger partial charge in [-0.2, -0.15) is 0 Å². The third-order valence-corrected chi connectivity index (χ3v) is 1.84. The molecule has 5 heteroatoms. The molecule has 1 unspecified atom stereocenters. The lowest BCUT2D eigenvalue weighted by Crippen LogP contribution is -2.34. The SMILES string of the molecule is COC(=O)N1C=COC1CBr. The molecule has 0 saturated heterocycles. The molecule has 4 nitrogen and oxygen atoms in total. The summed E-state index contributed by atoms with van der Waals surface area (Å²) in [6.45, 7) is 0. The van der Waals surface area contributed by atoms with Gasteiger partial charge in [-0.3, -0.25) is 0 Å². The van der Waals surface area contributed by atoms with Crippen LogP contribution in [-0.4, -0.2) is 29.7 Å². The fourth-order valence-electron chi connectivity index (χ4n) is 0.748. The van der Waals surface area contributed by atoms with Crippen molar-refractivity contribution in [3.05, 3.63) is 12.5 Å². The molecule has 0 saturated carbocycles. The minimum Gasteiger partial charge on any atom is -0.475 e. The van der Waals surface area contributed by atoms with Crippen molar-refractivity contribution < 1.29 is 14.3 Å². The van der Waals surface area contributed by atoms with Crippen LogP contribution in [0, 0.1) is 0 Å². The van der Waals surface area contributed by atoms with Crippen LogP contribution < -0.4 is 0 Å². The summed E-state index contributed by atoms with van der Waals surface area (Å²) in [5.74, 6) is 0. The van der Waals surface area contributed by atoms with Crippen LogP contribution in [0.2, 0.25) is 0 Å². The summed E-state index contributed by atoms with van der Waals surface area (Å²) < 4.78 is 9.54. The Labute approximate surface area is 72.9 Å². The molecule has 0 spiro atoms. The molecule has 0 fully saturated rings. The quantitative estimate of drug-likeness (QED) is 0.627. The Kier molecular flexibility index (Phi) is 2.76. The van der Waals surface area contributed by atoms with Gasteiger partial charge in [0.05, 0.1) is 12.4 Å². The Balaban J connectivity index is 2.55. The minimum absolute atomic E-state index is 0.276. The van der Waals surface area contributed by atoms with Gasteiger partial charge in [-0.15, -0.1) is 0 Å². The van der Waals surface area contributed by atoms with E-state index in [9.17, 15) is 4.79 Å². The normalized spacial score (nSPS) is 21.6. The number of carbonyl (C=O) groups excluding carboxylic acids is 1. The highest BCUT2D eigenvalue weighted by Gasteiger charge is 2.25. The van der Waals surface area contributed by atoms with E-state index >= 15 is 0 Å². The lowest BCUT2D eigenvalue weighted by Gasteiger charge is -2.18. The Morgan fingerprint density at radius 1 is 1.91 bits per heavy atom. The molecule has 62 valence electrons. The number of rotatable bonds is 1. The first-order valence-electron chi connectivity index (χ1n) is 3.04. The van der Waals surface area contributed by atoms with Gasteiger partial charge in [0.1, 0.15) is 6.26 Å². The van der Waals surface area contributed by atoms with E-state index in [4.69, 9.17) is 4.74 Å². The van der Waals surface area contributed by atoms with Gasteiger partial charge in [-0.05, 0) is 0 Å². The lowest BCUT2D eigenvalue weighted by atomic mass is 10.6. The summed E-state index contributed by atoms with van der Waals surface area (Å²) in [6, 6.07) is 0. The van der Waals surface area contributed by atoms with Crippen molar-refractivity contribution in [3.8, 4) is 0 Å².